The number of nitrogens with one attached hydrogen (secondary N) is 1. The van der Waals surface area contributed by atoms with Gasteiger partial charge in [0.05, 0.1) is 12.6 Å². The van der Waals surface area contributed by atoms with E-state index in [2.05, 4.69) is 40.3 Å². The minimum Gasteiger partial charge on any atom is -0.494 e. The van der Waals surface area contributed by atoms with Crippen molar-refractivity contribution < 1.29 is 4.74 Å². The Morgan fingerprint density at radius 2 is 2.17 bits per heavy atom. The number of rotatable bonds is 3. The van der Waals surface area contributed by atoms with Crippen molar-refractivity contribution in [3.05, 3.63) is 53.9 Å². The molecule has 94 valence electrons. The predicted molar refractivity (Wildman–Crippen MR) is 71.9 cm³/mol. The molecule has 1 atom stereocenters. The molecule has 0 radical (unpaired) electrons. The number of hydrogen-bond acceptors (Lipinski definition) is 2. The summed E-state index contributed by atoms with van der Waals surface area (Å²) in [6, 6.07) is 12.8. The van der Waals surface area contributed by atoms with Gasteiger partial charge in [0.25, 0.3) is 0 Å². The molecule has 18 heavy (non-hydrogen) atoms. The van der Waals surface area contributed by atoms with Crippen molar-refractivity contribution in [2.75, 3.05) is 13.2 Å². The molecular formula is C15H18N2O. The van der Waals surface area contributed by atoms with E-state index >= 15 is 0 Å². The van der Waals surface area contributed by atoms with Gasteiger partial charge in [0.1, 0.15) is 5.75 Å². The standard InChI is InChI=1S/C15H18N2O/c1-2-18-14-8-4-3-6-12(14)15-13-7-5-10-17(13)11-9-16-15/h3-8,10,15-16H,2,9,11H2,1H3. The first-order chi connectivity index (χ1) is 8.90. The van der Waals surface area contributed by atoms with Crippen LogP contribution in [0.15, 0.2) is 42.6 Å². The summed E-state index contributed by atoms with van der Waals surface area (Å²) in [5.74, 6) is 0.979. The third-order valence-electron chi connectivity index (χ3n) is 3.39. The summed E-state index contributed by atoms with van der Waals surface area (Å²) in [6.07, 6.45) is 2.15. The lowest BCUT2D eigenvalue weighted by Gasteiger charge is -2.28. The van der Waals surface area contributed by atoms with Crippen molar-refractivity contribution in [3.8, 4) is 5.75 Å². The molecular weight excluding hydrogens is 224 g/mol. The highest BCUT2D eigenvalue weighted by Crippen LogP contribution is 2.31. The maximum absolute atomic E-state index is 5.73. The Balaban J connectivity index is 2.02. The lowest BCUT2D eigenvalue weighted by molar-refractivity contribution is 0.330. The summed E-state index contributed by atoms with van der Waals surface area (Å²) in [5.41, 5.74) is 2.53. The molecule has 1 aliphatic heterocycles. The van der Waals surface area contributed by atoms with Gasteiger partial charge in [0.15, 0.2) is 0 Å². The molecule has 1 unspecified atom stereocenters. The molecule has 0 saturated carbocycles. The van der Waals surface area contributed by atoms with Crippen molar-refractivity contribution in [1.29, 1.82) is 0 Å². The van der Waals surface area contributed by atoms with Gasteiger partial charge in [-0.15, -0.1) is 0 Å². The third-order valence-corrected chi connectivity index (χ3v) is 3.39. The molecule has 0 aliphatic carbocycles. The fraction of sp³-hybridized carbons (Fsp3) is 0.333. The highest BCUT2D eigenvalue weighted by atomic mass is 16.5. The number of hydrogen-bond donors (Lipinski definition) is 1. The average molecular weight is 242 g/mol. The van der Waals surface area contributed by atoms with E-state index < -0.39 is 0 Å². The zero-order chi connectivity index (χ0) is 12.4. The Bertz CT molecular complexity index is 533. The van der Waals surface area contributed by atoms with Crippen LogP contribution in [0.2, 0.25) is 0 Å². The lowest BCUT2D eigenvalue weighted by Crippen LogP contribution is -2.33. The van der Waals surface area contributed by atoms with Crippen LogP contribution in [0.4, 0.5) is 0 Å². The van der Waals surface area contributed by atoms with E-state index in [9.17, 15) is 0 Å². The van der Waals surface area contributed by atoms with Gasteiger partial charge in [-0.1, -0.05) is 18.2 Å². The number of benzene rings is 1. The zero-order valence-corrected chi connectivity index (χ0v) is 10.6. The monoisotopic (exact) mass is 242 g/mol. The molecule has 2 aromatic rings. The fourth-order valence-electron chi connectivity index (χ4n) is 2.60. The molecule has 0 spiro atoms. The zero-order valence-electron chi connectivity index (χ0n) is 10.6. The number of ether oxygens (including phenoxy) is 1. The van der Waals surface area contributed by atoms with E-state index in [0.29, 0.717) is 6.61 Å². The minimum atomic E-state index is 0.233. The largest absolute Gasteiger partial charge is 0.494 e. The molecule has 1 aliphatic rings. The molecule has 3 nitrogen and oxygen atoms in total. The van der Waals surface area contributed by atoms with Gasteiger partial charge in [-0.2, -0.15) is 0 Å². The number of nitrogens with zero attached hydrogens (tertiary/aromatic N) is 1. The van der Waals surface area contributed by atoms with Gasteiger partial charge in [-0.05, 0) is 25.1 Å². The van der Waals surface area contributed by atoms with Crippen molar-refractivity contribution in [2.45, 2.75) is 19.5 Å². The summed E-state index contributed by atoms with van der Waals surface area (Å²) in [6.45, 7) is 4.75. The van der Waals surface area contributed by atoms with Crippen LogP contribution < -0.4 is 10.1 Å². The van der Waals surface area contributed by atoms with Crippen LogP contribution in [-0.4, -0.2) is 17.7 Å². The van der Waals surface area contributed by atoms with Crippen LogP contribution in [-0.2, 0) is 6.54 Å². The molecule has 0 amide bonds. The lowest BCUT2D eigenvalue weighted by atomic mass is 10.0. The van der Waals surface area contributed by atoms with Crippen molar-refractivity contribution in [3.63, 3.8) is 0 Å². The van der Waals surface area contributed by atoms with Crippen molar-refractivity contribution >= 4 is 0 Å². The maximum Gasteiger partial charge on any atom is 0.124 e. The molecule has 2 heterocycles. The van der Waals surface area contributed by atoms with E-state index in [-0.39, 0.29) is 6.04 Å². The second-order valence-corrected chi connectivity index (χ2v) is 4.48. The normalized spacial score (nSPS) is 18.4. The first kappa shape index (κ1) is 11.4. The van der Waals surface area contributed by atoms with Crippen LogP contribution >= 0.6 is 0 Å². The van der Waals surface area contributed by atoms with Crippen LogP contribution in [0.5, 0.6) is 5.75 Å². The van der Waals surface area contributed by atoms with E-state index in [1.807, 2.05) is 19.1 Å². The maximum atomic E-state index is 5.73. The summed E-state index contributed by atoms with van der Waals surface area (Å²) < 4.78 is 8.04. The third kappa shape index (κ3) is 1.91. The summed E-state index contributed by atoms with van der Waals surface area (Å²) in [5, 5.41) is 3.58. The number of aromatic nitrogens is 1. The average Bonchev–Trinajstić information content (AvgIpc) is 2.88. The summed E-state index contributed by atoms with van der Waals surface area (Å²) in [7, 11) is 0. The van der Waals surface area contributed by atoms with Gasteiger partial charge < -0.3 is 14.6 Å². The topological polar surface area (TPSA) is 26.2 Å². The number of fused-ring (bicyclic) bond motifs is 1. The van der Waals surface area contributed by atoms with Crippen LogP contribution in [0, 0.1) is 0 Å². The molecule has 0 saturated heterocycles. The van der Waals surface area contributed by atoms with Crippen LogP contribution in [0.3, 0.4) is 0 Å². The van der Waals surface area contributed by atoms with Gasteiger partial charge in [-0.3, -0.25) is 0 Å². The first-order valence-electron chi connectivity index (χ1n) is 6.50. The molecule has 3 rings (SSSR count). The molecule has 1 aromatic heterocycles. The predicted octanol–water partition coefficient (Wildman–Crippen LogP) is 2.58. The molecule has 0 bridgehead atoms. The summed E-state index contributed by atoms with van der Waals surface area (Å²) in [4.78, 5) is 0. The Kier molecular flexibility index (Phi) is 3.07. The van der Waals surface area contributed by atoms with Gasteiger partial charge in [0.2, 0.25) is 0 Å². The molecule has 1 N–H and O–H groups in total. The minimum absolute atomic E-state index is 0.233. The van der Waals surface area contributed by atoms with E-state index in [4.69, 9.17) is 4.74 Å². The fourth-order valence-corrected chi connectivity index (χ4v) is 2.60. The van der Waals surface area contributed by atoms with E-state index in [0.717, 1.165) is 18.8 Å². The second kappa shape index (κ2) is 4.86. The highest BCUT2D eigenvalue weighted by molar-refractivity contribution is 5.40. The smallest absolute Gasteiger partial charge is 0.124 e. The summed E-state index contributed by atoms with van der Waals surface area (Å²) >= 11 is 0. The highest BCUT2D eigenvalue weighted by Gasteiger charge is 2.23. The van der Waals surface area contributed by atoms with E-state index in [1.54, 1.807) is 0 Å². The Morgan fingerprint density at radius 1 is 1.28 bits per heavy atom. The van der Waals surface area contributed by atoms with Gasteiger partial charge >= 0.3 is 0 Å². The SMILES string of the molecule is CCOc1ccccc1C1NCCn2cccc21. The molecule has 0 fully saturated rings. The van der Waals surface area contributed by atoms with E-state index in [1.165, 1.54) is 11.3 Å². The molecule has 1 aromatic carbocycles. The second-order valence-electron chi connectivity index (χ2n) is 4.48. The Hall–Kier alpha value is -1.74. The molecule has 3 heteroatoms. The first-order valence-corrected chi connectivity index (χ1v) is 6.50. The number of para-hydroxylation sites is 1. The van der Waals surface area contributed by atoms with Crippen LogP contribution in [0.1, 0.15) is 24.2 Å². The quantitative estimate of drug-likeness (QED) is 0.895. The van der Waals surface area contributed by atoms with Crippen LogP contribution in [0.25, 0.3) is 0 Å². The van der Waals surface area contributed by atoms with Crippen molar-refractivity contribution in [2.24, 2.45) is 0 Å². The van der Waals surface area contributed by atoms with Crippen molar-refractivity contribution in [1.82, 2.24) is 9.88 Å². The Labute approximate surface area is 107 Å². The van der Waals surface area contributed by atoms with Gasteiger partial charge in [-0.25, -0.2) is 0 Å². The Morgan fingerprint density at radius 3 is 3.06 bits per heavy atom. The van der Waals surface area contributed by atoms with Gasteiger partial charge in [0, 0.05) is 30.5 Å².